The number of methoxy groups -OCH3 is 2. The molecule has 0 fully saturated rings. The van der Waals surface area contributed by atoms with Gasteiger partial charge in [-0.1, -0.05) is 6.58 Å². The van der Waals surface area contributed by atoms with Crippen molar-refractivity contribution in [2.45, 2.75) is 6.92 Å². The number of hydrogen-bond donors (Lipinski definition) is 2. The van der Waals surface area contributed by atoms with Crippen molar-refractivity contribution in [3.05, 3.63) is 65.0 Å². The summed E-state index contributed by atoms with van der Waals surface area (Å²) in [6.45, 7) is 5.04. The van der Waals surface area contributed by atoms with Crippen LogP contribution in [0.4, 0.5) is 0 Å². The SMILES string of the molecule is C=C\C(O)=C(/C=C(C)/C=N/N=C/c1ccc(O)c(C(=O)OC)c1)C(=O)OC. The third kappa shape index (κ3) is 6.28. The molecule has 1 rings (SSSR count). The largest absolute Gasteiger partial charge is 0.507 e. The van der Waals surface area contributed by atoms with Crippen LogP contribution in [0.5, 0.6) is 5.75 Å². The van der Waals surface area contributed by atoms with E-state index in [1.54, 1.807) is 13.0 Å². The lowest BCUT2D eigenvalue weighted by Crippen LogP contribution is -2.06. The average Bonchev–Trinajstić information content (AvgIpc) is 2.68. The molecule has 0 atom stereocenters. The van der Waals surface area contributed by atoms with Crippen LogP contribution in [0, 0.1) is 0 Å². The molecule has 1 aromatic rings. The minimum Gasteiger partial charge on any atom is -0.507 e. The van der Waals surface area contributed by atoms with Crippen LogP contribution >= 0.6 is 0 Å². The number of allylic oxidation sites excluding steroid dienone is 2. The standard InChI is InChI=1S/C19H20N2O6/c1-5-16(22)14(18(24)26-3)8-12(2)10-20-21-11-13-6-7-17(23)15(9-13)19(25)27-4/h5-11,22-23H,1H2,2-4H3/b12-8+,16-14-,20-10+,21-11+. The molecule has 0 saturated heterocycles. The molecule has 0 aliphatic carbocycles. The summed E-state index contributed by atoms with van der Waals surface area (Å²) in [4.78, 5) is 23.2. The number of aromatic hydroxyl groups is 1. The van der Waals surface area contributed by atoms with Gasteiger partial charge in [0.25, 0.3) is 0 Å². The van der Waals surface area contributed by atoms with Crippen LogP contribution < -0.4 is 0 Å². The molecule has 8 heteroatoms. The highest BCUT2D eigenvalue weighted by molar-refractivity contribution is 5.95. The maximum atomic E-state index is 11.6. The molecular weight excluding hydrogens is 352 g/mol. The molecule has 27 heavy (non-hydrogen) atoms. The number of aliphatic hydroxyl groups is 1. The van der Waals surface area contributed by atoms with E-state index in [4.69, 9.17) is 0 Å². The van der Waals surface area contributed by atoms with Gasteiger partial charge < -0.3 is 19.7 Å². The third-order valence-electron chi connectivity index (χ3n) is 3.21. The van der Waals surface area contributed by atoms with Crippen molar-refractivity contribution in [2.75, 3.05) is 14.2 Å². The van der Waals surface area contributed by atoms with Gasteiger partial charge in [0.2, 0.25) is 0 Å². The molecule has 0 aliphatic heterocycles. The van der Waals surface area contributed by atoms with Gasteiger partial charge in [-0.2, -0.15) is 10.2 Å². The number of carbonyl (C=O) groups is 2. The first-order valence-corrected chi connectivity index (χ1v) is 7.64. The van der Waals surface area contributed by atoms with Gasteiger partial charge in [-0.3, -0.25) is 0 Å². The molecule has 0 saturated carbocycles. The summed E-state index contributed by atoms with van der Waals surface area (Å²) in [5, 5.41) is 27.0. The van der Waals surface area contributed by atoms with Gasteiger partial charge in [0.15, 0.2) is 0 Å². The number of rotatable bonds is 7. The van der Waals surface area contributed by atoms with Crippen molar-refractivity contribution in [1.29, 1.82) is 0 Å². The maximum Gasteiger partial charge on any atom is 0.341 e. The lowest BCUT2D eigenvalue weighted by atomic mass is 10.1. The van der Waals surface area contributed by atoms with Gasteiger partial charge in [0.1, 0.15) is 22.6 Å². The highest BCUT2D eigenvalue weighted by Gasteiger charge is 2.12. The molecule has 0 heterocycles. The Kier molecular flexibility index (Phi) is 8.18. The van der Waals surface area contributed by atoms with Crippen molar-refractivity contribution >= 4 is 24.4 Å². The zero-order chi connectivity index (χ0) is 20.4. The predicted octanol–water partition coefficient (Wildman–Crippen LogP) is 2.70. The topological polar surface area (TPSA) is 118 Å². The number of phenols is 1. The number of nitrogens with zero attached hydrogens (tertiary/aromatic N) is 2. The third-order valence-corrected chi connectivity index (χ3v) is 3.21. The van der Waals surface area contributed by atoms with Crippen LogP contribution in [0.1, 0.15) is 22.8 Å². The summed E-state index contributed by atoms with van der Waals surface area (Å²) in [7, 11) is 2.41. The van der Waals surface area contributed by atoms with Crippen molar-refractivity contribution < 1.29 is 29.3 Å². The fraction of sp³-hybridized carbons (Fsp3) is 0.158. The van der Waals surface area contributed by atoms with E-state index >= 15 is 0 Å². The Bertz CT molecular complexity index is 850. The van der Waals surface area contributed by atoms with Crippen LogP contribution in [-0.4, -0.2) is 48.8 Å². The van der Waals surface area contributed by atoms with E-state index in [-0.39, 0.29) is 22.6 Å². The minimum atomic E-state index is -0.719. The summed E-state index contributed by atoms with van der Waals surface area (Å²) in [5.41, 5.74) is 0.976. The molecule has 142 valence electrons. The summed E-state index contributed by atoms with van der Waals surface area (Å²) in [5.74, 6) is -1.92. The van der Waals surface area contributed by atoms with E-state index in [0.717, 1.165) is 6.08 Å². The summed E-state index contributed by atoms with van der Waals surface area (Å²) >= 11 is 0. The number of aliphatic hydroxyl groups excluding tert-OH is 1. The number of hydrogen-bond acceptors (Lipinski definition) is 8. The van der Waals surface area contributed by atoms with Crippen LogP contribution in [0.25, 0.3) is 0 Å². The van der Waals surface area contributed by atoms with Gasteiger partial charge in [-0.05, 0) is 48.4 Å². The number of esters is 2. The van der Waals surface area contributed by atoms with E-state index in [1.165, 1.54) is 44.9 Å². The average molecular weight is 372 g/mol. The number of benzene rings is 1. The lowest BCUT2D eigenvalue weighted by Gasteiger charge is -2.03. The smallest absolute Gasteiger partial charge is 0.341 e. The van der Waals surface area contributed by atoms with Gasteiger partial charge in [-0.25, -0.2) is 9.59 Å². The van der Waals surface area contributed by atoms with E-state index < -0.39 is 11.9 Å². The molecule has 1 aromatic carbocycles. The molecular formula is C19H20N2O6. The number of ether oxygens (including phenoxy) is 2. The Morgan fingerprint density at radius 1 is 1.19 bits per heavy atom. The molecule has 0 radical (unpaired) electrons. The van der Waals surface area contributed by atoms with Gasteiger partial charge >= 0.3 is 11.9 Å². The monoisotopic (exact) mass is 372 g/mol. The molecule has 8 nitrogen and oxygen atoms in total. The zero-order valence-electron chi connectivity index (χ0n) is 15.2. The van der Waals surface area contributed by atoms with Gasteiger partial charge in [-0.15, -0.1) is 0 Å². The fourth-order valence-electron chi connectivity index (χ4n) is 1.85. The minimum absolute atomic E-state index is 0.00858. The second kappa shape index (κ2) is 10.3. The fourth-order valence-corrected chi connectivity index (χ4v) is 1.85. The Morgan fingerprint density at radius 3 is 2.48 bits per heavy atom. The van der Waals surface area contributed by atoms with E-state index in [1.807, 2.05) is 0 Å². The molecule has 0 bridgehead atoms. The summed E-state index contributed by atoms with van der Waals surface area (Å²) in [6.07, 6.45) is 5.22. The first kappa shape index (κ1) is 21.4. The van der Waals surface area contributed by atoms with Gasteiger partial charge in [0.05, 0.1) is 26.6 Å². The lowest BCUT2D eigenvalue weighted by molar-refractivity contribution is -0.135. The number of carbonyl (C=O) groups excluding carboxylic acids is 2. The first-order chi connectivity index (χ1) is 12.8. The summed E-state index contributed by atoms with van der Waals surface area (Å²) in [6, 6.07) is 4.29. The second-order valence-electron chi connectivity index (χ2n) is 5.14. The van der Waals surface area contributed by atoms with Crippen LogP contribution in [0.15, 0.2) is 64.0 Å². The molecule has 0 unspecified atom stereocenters. The van der Waals surface area contributed by atoms with Crippen molar-refractivity contribution in [2.24, 2.45) is 10.2 Å². The quantitative estimate of drug-likeness (QED) is 0.190. The Balaban J connectivity index is 2.96. The number of phenolic OH excluding ortho intramolecular Hbond substituents is 1. The Hall–Kier alpha value is -3.68. The highest BCUT2D eigenvalue weighted by Crippen LogP contribution is 2.18. The maximum absolute atomic E-state index is 11.6. The molecule has 0 amide bonds. The first-order valence-electron chi connectivity index (χ1n) is 7.64. The Labute approximate surface area is 156 Å². The molecule has 0 aliphatic rings. The molecule has 0 spiro atoms. The van der Waals surface area contributed by atoms with E-state index in [9.17, 15) is 19.8 Å². The molecule has 0 aromatic heterocycles. The van der Waals surface area contributed by atoms with Crippen molar-refractivity contribution in [3.63, 3.8) is 0 Å². The summed E-state index contributed by atoms with van der Waals surface area (Å²) < 4.78 is 9.16. The van der Waals surface area contributed by atoms with E-state index in [2.05, 4.69) is 26.3 Å². The van der Waals surface area contributed by atoms with Crippen LogP contribution in [-0.2, 0) is 14.3 Å². The van der Waals surface area contributed by atoms with Gasteiger partial charge in [0, 0.05) is 0 Å². The highest BCUT2D eigenvalue weighted by atomic mass is 16.5. The van der Waals surface area contributed by atoms with Crippen molar-refractivity contribution in [3.8, 4) is 5.75 Å². The van der Waals surface area contributed by atoms with Crippen LogP contribution in [0.3, 0.4) is 0 Å². The van der Waals surface area contributed by atoms with Crippen LogP contribution in [0.2, 0.25) is 0 Å². The molecule has 2 N–H and O–H groups in total. The van der Waals surface area contributed by atoms with Crippen molar-refractivity contribution in [1.82, 2.24) is 0 Å². The Morgan fingerprint density at radius 2 is 1.89 bits per heavy atom. The second-order valence-corrected chi connectivity index (χ2v) is 5.14. The zero-order valence-corrected chi connectivity index (χ0v) is 15.2. The predicted molar refractivity (Wildman–Crippen MR) is 101 cm³/mol. The van der Waals surface area contributed by atoms with E-state index in [0.29, 0.717) is 11.1 Å². The normalized spacial score (nSPS) is 12.8.